The second-order valence-electron chi connectivity index (χ2n) is 7.34. The Morgan fingerprint density at radius 3 is 2.85 bits per heavy atom. The van der Waals surface area contributed by atoms with Gasteiger partial charge in [-0.1, -0.05) is 0 Å². The summed E-state index contributed by atoms with van der Waals surface area (Å²) in [6.45, 7) is 5.41. The molecule has 1 aromatic carbocycles. The average Bonchev–Trinajstić information content (AvgIpc) is 3.23. The average molecular weight is 369 g/mol. The fourth-order valence-electron chi connectivity index (χ4n) is 3.97. The number of nitrogens with one attached hydrogen (secondary N) is 2. The molecule has 0 spiro atoms. The molecule has 0 radical (unpaired) electrons. The first-order chi connectivity index (χ1) is 13.2. The Morgan fingerprint density at radius 2 is 2.11 bits per heavy atom. The van der Waals surface area contributed by atoms with Gasteiger partial charge in [0.25, 0.3) is 0 Å². The van der Waals surface area contributed by atoms with E-state index >= 15 is 0 Å². The molecule has 2 aromatic rings. The lowest BCUT2D eigenvalue weighted by Gasteiger charge is -2.35. The molecule has 0 bridgehead atoms. The van der Waals surface area contributed by atoms with Crippen LogP contribution >= 0.6 is 0 Å². The van der Waals surface area contributed by atoms with Crippen LogP contribution in [0.25, 0.3) is 0 Å². The number of benzene rings is 1. The van der Waals surface area contributed by atoms with Gasteiger partial charge in [0.1, 0.15) is 0 Å². The number of morpholine rings is 1. The highest BCUT2D eigenvalue weighted by Crippen LogP contribution is 2.31. The summed E-state index contributed by atoms with van der Waals surface area (Å²) in [4.78, 5) is 17.1. The molecule has 0 aliphatic carbocycles. The van der Waals surface area contributed by atoms with Crippen LogP contribution in [-0.2, 0) is 4.74 Å². The molecule has 7 nitrogen and oxygen atoms in total. The summed E-state index contributed by atoms with van der Waals surface area (Å²) in [6, 6.07) is 8.13. The Hall–Kier alpha value is -2.54. The third-order valence-corrected chi connectivity index (χ3v) is 5.39. The number of carbonyl (C=O) groups excluding carboxylic acids is 1. The van der Waals surface area contributed by atoms with E-state index in [2.05, 4.69) is 39.5 Å². The van der Waals surface area contributed by atoms with Crippen molar-refractivity contribution in [3.8, 4) is 0 Å². The predicted octanol–water partition coefficient (Wildman–Crippen LogP) is 3.39. The van der Waals surface area contributed by atoms with Gasteiger partial charge in [0.2, 0.25) is 0 Å². The molecule has 0 saturated carbocycles. The summed E-state index contributed by atoms with van der Waals surface area (Å²) in [6.07, 6.45) is 7.09. The summed E-state index contributed by atoms with van der Waals surface area (Å²) < 4.78 is 5.60. The van der Waals surface area contributed by atoms with Crippen molar-refractivity contribution in [2.45, 2.75) is 38.3 Å². The maximum atomic E-state index is 12.9. The van der Waals surface area contributed by atoms with E-state index < -0.39 is 0 Å². The van der Waals surface area contributed by atoms with E-state index in [0.717, 1.165) is 62.4 Å². The number of aromatic amines is 1. The van der Waals surface area contributed by atoms with Gasteiger partial charge in [-0.05, 0) is 50.5 Å². The van der Waals surface area contributed by atoms with Gasteiger partial charge in [-0.3, -0.25) is 5.10 Å². The molecular weight excluding hydrogens is 342 g/mol. The molecule has 2 aliphatic heterocycles. The van der Waals surface area contributed by atoms with Crippen molar-refractivity contribution in [2.24, 2.45) is 0 Å². The molecule has 2 aliphatic rings. The standard InChI is InChI=1S/C20H27N5O2/c1-15-14-24(10-11-27-15)18-7-5-17(6-8-18)23-20(26)25-9-3-2-4-19(25)16-12-21-22-13-16/h5-8,12-13,15,19H,2-4,9-11,14H2,1H3,(H,21,22)(H,23,26)/t15-,19-/m0/s1. The number of hydrogen-bond donors (Lipinski definition) is 2. The molecule has 2 saturated heterocycles. The molecule has 144 valence electrons. The van der Waals surface area contributed by atoms with Crippen LogP contribution in [0.2, 0.25) is 0 Å². The summed E-state index contributed by atoms with van der Waals surface area (Å²) in [5.74, 6) is 0. The van der Waals surface area contributed by atoms with Crippen LogP contribution in [0.3, 0.4) is 0 Å². The summed E-state index contributed by atoms with van der Waals surface area (Å²) in [5.41, 5.74) is 3.06. The largest absolute Gasteiger partial charge is 0.375 e. The van der Waals surface area contributed by atoms with Crippen LogP contribution in [0.1, 0.15) is 37.8 Å². The molecule has 2 amide bonds. The number of aromatic nitrogens is 2. The summed E-state index contributed by atoms with van der Waals surface area (Å²) in [5, 5.41) is 9.95. The number of piperidine rings is 1. The fourth-order valence-corrected chi connectivity index (χ4v) is 3.97. The monoisotopic (exact) mass is 369 g/mol. The van der Waals surface area contributed by atoms with Crippen LogP contribution in [-0.4, -0.2) is 53.5 Å². The Balaban J connectivity index is 1.41. The number of H-pyrrole nitrogens is 1. The third-order valence-electron chi connectivity index (χ3n) is 5.39. The highest BCUT2D eigenvalue weighted by atomic mass is 16.5. The quantitative estimate of drug-likeness (QED) is 0.870. The lowest BCUT2D eigenvalue weighted by atomic mass is 9.98. The van der Waals surface area contributed by atoms with E-state index in [0.29, 0.717) is 0 Å². The second-order valence-corrected chi connectivity index (χ2v) is 7.34. The first-order valence-electron chi connectivity index (χ1n) is 9.73. The van der Waals surface area contributed by atoms with Crippen LogP contribution in [0, 0.1) is 0 Å². The van der Waals surface area contributed by atoms with E-state index in [4.69, 9.17) is 4.74 Å². The zero-order valence-corrected chi connectivity index (χ0v) is 15.7. The third kappa shape index (κ3) is 4.08. The Morgan fingerprint density at radius 1 is 1.26 bits per heavy atom. The van der Waals surface area contributed by atoms with Gasteiger partial charge in [0.15, 0.2) is 0 Å². The number of amides is 2. The summed E-state index contributed by atoms with van der Waals surface area (Å²) >= 11 is 0. The number of hydrogen-bond acceptors (Lipinski definition) is 4. The zero-order chi connectivity index (χ0) is 18.6. The smallest absolute Gasteiger partial charge is 0.322 e. The van der Waals surface area contributed by atoms with Crippen molar-refractivity contribution in [3.05, 3.63) is 42.2 Å². The molecule has 2 N–H and O–H groups in total. The van der Waals surface area contributed by atoms with Gasteiger partial charge in [-0.2, -0.15) is 5.10 Å². The van der Waals surface area contributed by atoms with Gasteiger partial charge < -0.3 is 19.9 Å². The first-order valence-corrected chi connectivity index (χ1v) is 9.73. The van der Waals surface area contributed by atoms with Gasteiger partial charge >= 0.3 is 6.03 Å². The minimum absolute atomic E-state index is 0.0476. The number of carbonyl (C=O) groups is 1. The molecular formula is C20H27N5O2. The maximum Gasteiger partial charge on any atom is 0.322 e. The molecule has 0 unspecified atom stereocenters. The van der Waals surface area contributed by atoms with E-state index in [-0.39, 0.29) is 18.2 Å². The number of likely N-dealkylation sites (tertiary alicyclic amines) is 1. The Labute approximate surface area is 159 Å². The van der Waals surface area contributed by atoms with E-state index in [1.807, 2.05) is 29.4 Å². The van der Waals surface area contributed by atoms with Crippen molar-refractivity contribution in [1.82, 2.24) is 15.1 Å². The zero-order valence-electron chi connectivity index (χ0n) is 15.7. The molecule has 2 fully saturated rings. The second kappa shape index (κ2) is 8.00. The molecule has 3 heterocycles. The van der Waals surface area contributed by atoms with Crippen LogP contribution in [0.15, 0.2) is 36.7 Å². The van der Waals surface area contributed by atoms with Crippen LogP contribution in [0.5, 0.6) is 0 Å². The van der Waals surface area contributed by atoms with Gasteiger partial charge in [0, 0.05) is 42.8 Å². The molecule has 2 atom stereocenters. The van der Waals surface area contributed by atoms with Crippen molar-refractivity contribution in [3.63, 3.8) is 0 Å². The number of urea groups is 1. The molecule has 1 aromatic heterocycles. The van der Waals surface area contributed by atoms with Gasteiger partial charge in [0.05, 0.1) is 24.9 Å². The van der Waals surface area contributed by atoms with Crippen molar-refractivity contribution in [1.29, 1.82) is 0 Å². The summed E-state index contributed by atoms with van der Waals surface area (Å²) in [7, 11) is 0. The number of ether oxygens (including phenoxy) is 1. The van der Waals surface area contributed by atoms with E-state index in [9.17, 15) is 4.79 Å². The van der Waals surface area contributed by atoms with Crippen molar-refractivity contribution >= 4 is 17.4 Å². The van der Waals surface area contributed by atoms with Crippen LogP contribution in [0.4, 0.5) is 16.2 Å². The minimum Gasteiger partial charge on any atom is -0.375 e. The highest BCUT2D eigenvalue weighted by molar-refractivity contribution is 5.90. The molecule has 4 rings (SSSR count). The lowest BCUT2D eigenvalue weighted by molar-refractivity contribution is 0.0532. The predicted molar refractivity (Wildman–Crippen MR) is 105 cm³/mol. The van der Waals surface area contributed by atoms with Gasteiger partial charge in [-0.25, -0.2) is 4.79 Å². The van der Waals surface area contributed by atoms with Crippen LogP contribution < -0.4 is 10.2 Å². The Kier molecular flexibility index (Phi) is 5.29. The van der Waals surface area contributed by atoms with E-state index in [1.54, 1.807) is 0 Å². The lowest BCUT2D eigenvalue weighted by Crippen LogP contribution is -2.41. The molecule has 7 heteroatoms. The fraction of sp³-hybridized carbons (Fsp3) is 0.500. The number of anilines is 2. The highest BCUT2D eigenvalue weighted by Gasteiger charge is 2.28. The molecule has 27 heavy (non-hydrogen) atoms. The van der Waals surface area contributed by atoms with Gasteiger partial charge in [-0.15, -0.1) is 0 Å². The number of nitrogens with zero attached hydrogens (tertiary/aromatic N) is 3. The van der Waals surface area contributed by atoms with E-state index in [1.165, 1.54) is 0 Å². The van der Waals surface area contributed by atoms with Crippen molar-refractivity contribution < 1.29 is 9.53 Å². The topological polar surface area (TPSA) is 73.5 Å². The van der Waals surface area contributed by atoms with Crippen molar-refractivity contribution in [2.75, 3.05) is 36.5 Å². The maximum absolute atomic E-state index is 12.9. The minimum atomic E-state index is -0.0476. The first kappa shape index (κ1) is 17.9. The SMILES string of the molecule is C[C@H]1CN(c2ccc(NC(=O)N3CCCC[C@H]3c3cn[nH]c3)cc2)CCO1. The normalized spacial score (nSPS) is 23.3. The Bertz CT molecular complexity index is 746. The number of rotatable bonds is 3.